The van der Waals surface area contributed by atoms with Crippen LogP contribution in [0, 0.1) is 11.8 Å². The summed E-state index contributed by atoms with van der Waals surface area (Å²) in [5.41, 5.74) is 5.97. The molecule has 2 aliphatic carbocycles. The average Bonchev–Trinajstić information content (AvgIpc) is 2.66. The lowest BCUT2D eigenvalue weighted by Crippen LogP contribution is -2.60. The van der Waals surface area contributed by atoms with E-state index in [0.717, 1.165) is 38.5 Å². The lowest BCUT2D eigenvalue weighted by molar-refractivity contribution is 0.0476. The summed E-state index contributed by atoms with van der Waals surface area (Å²) in [6, 6.07) is 0.221. The van der Waals surface area contributed by atoms with Gasteiger partial charge in [-0.15, -0.1) is 0 Å². The minimum Gasteiger partial charge on any atom is -0.465 e. The predicted molar refractivity (Wildman–Crippen MR) is 109 cm³/mol. The molecular formula is C21H38N4O3. The first-order valence-corrected chi connectivity index (χ1v) is 11.3. The summed E-state index contributed by atoms with van der Waals surface area (Å²) >= 11 is 0. The third-order valence-corrected chi connectivity index (χ3v) is 7.08. The van der Waals surface area contributed by atoms with Gasteiger partial charge in [0.25, 0.3) is 0 Å². The number of nitrogens with one attached hydrogen (secondary N) is 1. The molecule has 0 bridgehead atoms. The molecule has 7 nitrogen and oxygen atoms in total. The van der Waals surface area contributed by atoms with Crippen LogP contribution in [0.1, 0.15) is 70.6 Å². The topological polar surface area (TPSA) is 98.9 Å². The molecule has 3 amide bonds. The zero-order valence-corrected chi connectivity index (χ0v) is 17.2. The molecule has 1 atom stereocenters. The Labute approximate surface area is 169 Å². The maximum atomic E-state index is 12.8. The van der Waals surface area contributed by atoms with Crippen molar-refractivity contribution in [3.63, 3.8) is 0 Å². The molecule has 28 heavy (non-hydrogen) atoms. The van der Waals surface area contributed by atoms with Crippen molar-refractivity contribution in [2.24, 2.45) is 17.6 Å². The van der Waals surface area contributed by atoms with Crippen LogP contribution in [0.5, 0.6) is 0 Å². The highest BCUT2D eigenvalue weighted by atomic mass is 16.4. The molecule has 2 saturated carbocycles. The van der Waals surface area contributed by atoms with Gasteiger partial charge in [0.15, 0.2) is 0 Å². The Bertz CT molecular complexity index is 514. The van der Waals surface area contributed by atoms with Crippen molar-refractivity contribution in [1.82, 2.24) is 15.1 Å². The van der Waals surface area contributed by atoms with E-state index in [1.165, 1.54) is 32.1 Å². The van der Waals surface area contributed by atoms with E-state index in [-0.39, 0.29) is 12.1 Å². The minimum absolute atomic E-state index is 0.0317. The summed E-state index contributed by atoms with van der Waals surface area (Å²) in [6.45, 7) is 2.14. The van der Waals surface area contributed by atoms with Gasteiger partial charge in [-0.05, 0) is 50.4 Å². The monoisotopic (exact) mass is 394 g/mol. The van der Waals surface area contributed by atoms with Gasteiger partial charge in [0.05, 0.1) is 6.04 Å². The zero-order chi connectivity index (χ0) is 19.9. The van der Waals surface area contributed by atoms with Gasteiger partial charge in [0.1, 0.15) is 0 Å². The molecule has 3 aliphatic rings. The molecule has 0 radical (unpaired) electrons. The third kappa shape index (κ3) is 5.75. The second-order valence-corrected chi connectivity index (χ2v) is 9.06. The largest absolute Gasteiger partial charge is 0.465 e. The van der Waals surface area contributed by atoms with Crippen LogP contribution in [-0.4, -0.2) is 65.3 Å². The summed E-state index contributed by atoms with van der Waals surface area (Å²) in [5, 5.41) is 12.8. The molecular weight excluding hydrogens is 356 g/mol. The van der Waals surface area contributed by atoms with Gasteiger partial charge in [0.2, 0.25) is 0 Å². The molecule has 1 unspecified atom stereocenters. The SMILES string of the molecule is NC1CCC(CNC(=O)N2CCN(C(=O)O)C(C3CCCCCCC3)C2)CC1. The van der Waals surface area contributed by atoms with Gasteiger partial charge in [-0.3, -0.25) is 0 Å². The Kier molecular flexibility index (Phi) is 7.82. The quantitative estimate of drug-likeness (QED) is 0.684. The molecule has 1 heterocycles. The van der Waals surface area contributed by atoms with E-state index in [1.54, 1.807) is 4.90 Å². The molecule has 7 heteroatoms. The van der Waals surface area contributed by atoms with Gasteiger partial charge in [0, 0.05) is 32.2 Å². The number of nitrogens with two attached hydrogens (primary N) is 1. The minimum atomic E-state index is -0.842. The second kappa shape index (κ2) is 10.3. The van der Waals surface area contributed by atoms with E-state index >= 15 is 0 Å². The maximum absolute atomic E-state index is 12.8. The highest BCUT2D eigenvalue weighted by Gasteiger charge is 2.37. The molecule has 1 aliphatic heterocycles. The van der Waals surface area contributed by atoms with Gasteiger partial charge in [-0.2, -0.15) is 0 Å². The fourth-order valence-corrected chi connectivity index (χ4v) is 5.24. The van der Waals surface area contributed by atoms with Crippen molar-refractivity contribution < 1.29 is 14.7 Å². The van der Waals surface area contributed by atoms with Gasteiger partial charge >= 0.3 is 12.1 Å². The van der Waals surface area contributed by atoms with E-state index in [4.69, 9.17) is 5.73 Å². The Hall–Kier alpha value is -1.50. The first-order valence-electron chi connectivity index (χ1n) is 11.3. The number of amides is 3. The van der Waals surface area contributed by atoms with Gasteiger partial charge < -0.3 is 26.0 Å². The predicted octanol–water partition coefficient (Wildman–Crippen LogP) is 3.24. The first-order chi connectivity index (χ1) is 13.5. The standard InChI is InChI=1S/C21H38N4O3/c22-18-10-8-16(9-11-18)14-23-20(26)24-12-13-25(21(27)28)19(15-24)17-6-4-2-1-3-5-7-17/h16-19H,1-15,22H2,(H,23,26)(H,27,28). The van der Waals surface area contributed by atoms with Crippen LogP contribution in [-0.2, 0) is 0 Å². The summed E-state index contributed by atoms with van der Waals surface area (Å²) in [7, 11) is 0. The summed E-state index contributed by atoms with van der Waals surface area (Å²) in [5.74, 6) is 0.886. The van der Waals surface area contributed by atoms with E-state index < -0.39 is 6.09 Å². The lowest BCUT2D eigenvalue weighted by atomic mass is 9.84. The Morgan fingerprint density at radius 2 is 1.57 bits per heavy atom. The number of hydrogen-bond acceptors (Lipinski definition) is 3. The summed E-state index contributed by atoms with van der Waals surface area (Å²) in [6.07, 6.45) is 11.7. The first kappa shape index (κ1) is 21.2. The van der Waals surface area contributed by atoms with Crippen molar-refractivity contribution in [2.45, 2.75) is 82.7 Å². The number of hydrogen-bond donors (Lipinski definition) is 3. The van der Waals surface area contributed by atoms with Crippen molar-refractivity contribution in [3.05, 3.63) is 0 Å². The van der Waals surface area contributed by atoms with Crippen LogP contribution >= 0.6 is 0 Å². The van der Waals surface area contributed by atoms with E-state index in [9.17, 15) is 14.7 Å². The normalized spacial score (nSPS) is 30.4. The molecule has 4 N–H and O–H groups in total. The molecule has 3 fully saturated rings. The van der Waals surface area contributed by atoms with Crippen molar-refractivity contribution in [3.8, 4) is 0 Å². The number of carbonyl (C=O) groups excluding carboxylic acids is 1. The third-order valence-electron chi connectivity index (χ3n) is 7.08. The van der Waals surface area contributed by atoms with Crippen LogP contribution in [0.2, 0.25) is 0 Å². The Morgan fingerprint density at radius 3 is 2.21 bits per heavy atom. The molecule has 0 aromatic rings. The van der Waals surface area contributed by atoms with Crippen molar-refractivity contribution in [2.75, 3.05) is 26.2 Å². The maximum Gasteiger partial charge on any atom is 0.407 e. The van der Waals surface area contributed by atoms with Crippen molar-refractivity contribution >= 4 is 12.1 Å². The highest BCUT2D eigenvalue weighted by molar-refractivity contribution is 5.75. The number of carbonyl (C=O) groups is 2. The number of carboxylic acid groups (broad SMARTS) is 1. The molecule has 3 rings (SSSR count). The molecule has 160 valence electrons. The van der Waals surface area contributed by atoms with Gasteiger partial charge in [-0.1, -0.05) is 32.1 Å². The van der Waals surface area contributed by atoms with Crippen LogP contribution in [0.25, 0.3) is 0 Å². The van der Waals surface area contributed by atoms with Crippen molar-refractivity contribution in [1.29, 1.82) is 0 Å². The van der Waals surface area contributed by atoms with Crippen LogP contribution < -0.4 is 11.1 Å². The zero-order valence-electron chi connectivity index (χ0n) is 17.2. The second-order valence-electron chi connectivity index (χ2n) is 9.06. The highest BCUT2D eigenvalue weighted by Crippen LogP contribution is 2.30. The van der Waals surface area contributed by atoms with Crippen LogP contribution in [0.4, 0.5) is 9.59 Å². The number of rotatable bonds is 3. The molecule has 0 aromatic heterocycles. The van der Waals surface area contributed by atoms with Crippen LogP contribution in [0.3, 0.4) is 0 Å². The fourth-order valence-electron chi connectivity index (χ4n) is 5.24. The summed E-state index contributed by atoms with van der Waals surface area (Å²) in [4.78, 5) is 28.0. The number of urea groups is 1. The number of piperazine rings is 1. The fraction of sp³-hybridized carbons (Fsp3) is 0.905. The Balaban J connectivity index is 1.55. The Morgan fingerprint density at radius 1 is 0.929 bits per heavy atom. The van der Waals surface area contributed by atoms with E-state index in [0.29, 0.717) is 44.1 Å². The molecule has 0 spiro atoms. The van der Waals surface area contributed by atoms with Crippen LogP contribution in [0.15, 0.2) is 0 Å². The lowest BCUT2D eigenvalue weighted by Gasteiger charge is -2.44. The number of nitrogens with zero attached hydrogens (tertiary/aromatic N) is 2. The molecule has 0 aromatic carbocycles. The molecule has 1 saturated heterocycles. The smallest absolute Gasteiger partial charge is 0.407 e. The van der Waals surface area contributed by atoms with E-state index in [1.807, 2.05) is 4.90 Å². The summed E-state index contributed by atoms with van der Waals surface area (Å²) < 4.78 is 0. The van der Waals surface area contributed by atoms with E-state index in [2.05, 4.69) is 5.32 Å². The van der Waals surface area contributed by atoms with Gasteiger partial charge in [-0.25, -0.2) is 9.59 Å². The average molecular weight is 395 g/mol.